The average Bonchev–Trinajstić information content (AvgIpc) is 2.52. The first-order chi connectivity index (χ1) is 11.0. The average molecular weight is 332 g/mol. The van der Waals surface area contributed by atoms with E-state index in [1.54, 1.807) is 19.1 Å². The van der Waals surface area contributed by atoms with Crippen molar-refractivity contribution in [2.75, 3.05) is 18.2 Å². The fraction of sp³-hybridized carbons (Fsp3) is 0.188. The second kappa shape index (κ2) is 7.64. The third-order valence-electron chi connectivity index (χ3n) is 3.03. The molecule has 0 bridgehead atoms. The summed E-state index contributed by atoms with van der Waals surface area (Å²) in [5.74, 6) is -0.786. The Kier molecular flexibility index (Phi) is 5.59. The number of nitrogens with one attached hydrogen (secondary N) is 2. The molecule has 6 nitrogen and oxygen atoms in total. The lowest BCUT2D eigenvalue weighted by atomic mass is 10.1. The number of para-hydroxylation sites is 1. The Hall–Kier alpha value is -2.54. The van der Waals surface area contributed by atoms with Gasteiger partial charge >= 0.3 is 5.97 Å². The fourth-order valence-electron chi connectivity index (χ4n) is 1.95. The predicted octanol–water partition coefficient (Wildman–Crippen LogP) is 2.20. The zero-order valence-corrected chi connectivity index (χ0v) is 13.5. The van der Waals surface area contributed by atoms with Crippen molar-refractivity contribution < 1.29 is 14.3 Å². The van der Waals surface area contributed by atoms with Crippen LogP contribution in [-0.4, -0.2) is 29.7 Å². The van der Waals surface area contributed by atoms with Crippen molar-refractivity contribution in [3.05, 3.63) is 57.9 Å². The molecule has 2 rings (SSSR count). The molecule has 0 spiro atoms. The van der Waals surface area contributed by atoms with E-state index in [0.717, 1.165) is 11.8 Å². The summed E-state index contributed by atoms with van der Waals surface area (Å²) in [6.07, 6.45) is 0. The molecule has 120 valence electrons. The van der Waals surface area contributed by atoms with E-state index in [4.69, 9.17) is 0 Å². The first-order valence-corrected chi connectivity index (χ1v) is 7.79. The van der Waals surface area contributed by atoms with Crippen molar-refractivity contribution in [1.29, 1.82) is 0 Å². The summed E-state index contributed by atoms with van der Waals surface area (Å²) in [7, 11) is 1.28. The van der Waals surface area contributed by atoms with Crippen LogP contribution in [0, 0.1) is 6.92 Å². The molecule has 0 saturated carbocycles. The Morgan fingerprint density at radius 2 is 1.96 bits per heavy atom. The highest BCUT2D eigenvalue weighted by molar-refractivity contribution is 8.00. The van der Waals surface area contributed by atoms with E-state index in [2.05, 4.69) is 15.0 Å². The number of hydrogen-bond donors (Lipinski definition) is 2. The molecule has 1 aromatic heterocycles. The van der Waals surface area contributed by atoms with Crippen molar-refractivity contribution >= 4 is 29.3 Å². The van der Waals surface area contributed by atoms with Gasteiger partial charge in [0, 0.05) is 11.8 Å². The van der Waals surface area contributed by atoms with E-state index < -0.39 is 5.97 Å². The number of carbonyl (C=O) groups excluding carboxylic acids is 2. The minimum atomic E-state index is -0.438. The SMILES string of the molecule is COC(=O)CSc1[nH]c(=O)cc(C)c1C(=O)Nc1ccccc1. The molecule has 1 aromatic carbocycles. The molecule has 0 unspecified atom stereocenters. The number of hydrogen-bond acceptors (Lipinski definition) is 5. The van der Waals surface area contributed by atoms with E-state index >= 15 is 0 Å². The van der Waals surface area contributed by atoms with Crippen molar-refractivity contribution in [1.82, 2.24) is 4.98 Å². The Bertz CT molecular complexity index is 771. The first kappa shape index (κ1) is 16.8. The highest BCUT2D eigenvalue weighted by atomic mass is 32.2. The lowest BCUT2D eigenvalue weighted by Crippen LogP contribution is -2.19. The van der Waals surface area contributed by atoms with Gasteiger partial charge in [-0.1, -0.05) is 30.0 Å². The van der Waals surface area contributed by atoms with Crippen LogP contribution in [0.4, 0.5) is 5.69 Å². The van der Waals surface area contributed by atoms with E-state index in [1.165, 1.54) is 13.2 Å². The summed E-state index contributed by atoms with van der Waals surface area (Å²) in [6, 6.07) is 10.3. The summed E-state index contributed by atoms with van der Waals surface area (Å²) >= 11 is 1.06. The largest absolute Gasteiger partial charge is 0.468 e. The molecule has 2 N–H and O–H groups in total. The number of pyridine rings is 1. The van der Waals surface area contributed by atoms with Crippen molar-refractivity contribution in [3.63, 3.8) is 0 Å². The molecule has 0 atom stereocenters. The zero-order chi connectivity index (χ0) is 16.8. The van der Waals surface area contributed by atoms with Gasteiger partial charge in [0.05, 0.1) is 23.5 Å². The minimum absolute atomic E-state index is 0.00150. The van der Waals surface area contributed by atoms with Crippen LogP contribution in [0.15, 0.2) is 46.2 Å². The number of aromatic nitrogens is 1. The maximum absolute atomic E-state index is 12.5. The number of esters is 1. The molecule has 1 amide bonds. The molecule has 23 heavy (non-hydrogen) atoms. The summed E-state index contributed by atoms with van der Waals surface area (Å²) in [4.78, 5) is 38.1. The molecule has 0 saturated heterocycles. The lowest BCUT2D eigenvalue weighted by molar-refractivity contribution is -0.137. The molecule has 0 fully saturated rings. The second-order valence-corrected chi connectivity index (χ2v) is 5.69. The number of aryl methyl sites for hydroxylation is 1. The molecular weight excluding hydrogens is 316 g/mol. The fourth-order valence-corrected chi connectivity index (χ4v) is 2.90. The van der Waals surface area contributed by atoms with Crippen LogP contribution >= 0.6 is 11.8 Å². The van der Waals surface area contributed by atoms with Crippen LogP contribution in [0.2, 0.25) is 0 Å². The number of methoxy groups -OCH3 is 1. The van der Waals surface area contributed by atoms with E-state index in [1.807, 2.05) is 18.2 Å². The molecule has 0 aliphatic carbocycles. The van der Waals surface area contributed by atoms with Gasteiger partial charge in [0.25, 0.3) is 5.91 Å². The van der Waals surface area contributed by atoms with Crippen LogP contribution in [-0.2, 0) is 9.53 Å². The highest BCUT2D eigenvalue weighted by Gasteiger charge is 2.18. The predicted molar refractivity (Wildman–Crippen MR) is 88.9 cm³/mol. The Balaban J connectivity index is 2.30. The molecule has 1 heterocycles. The number of rotatable bonds is 5. The van der Waals surface area contributed by atoms with Gasteiger partial charge < -0.3 is 15.0 Å². The van der Waals surface area contributed by atoms with Gasteiger partial charge in [-0.25, -0.2) is 0 Å². The molecule has 0 aliphatic heterocycles. The molecule has 2 aromatic rings. The van der Waals surface area contributed by atoms with Crippen molar-refractivity contribution in [2.24, 2.45) is 0 Å². The maximum Gasteiger partial charge on any atom is 0.316 e. The standard InChI is InChI=1S/C16H16N2O4S/c1-10-8-12(19)18-16(23-9-13(20)22-2)14(10)15(21)17-11-6-4-3-5-7-11/h3-8H,9H2,1-2H3,(H,17,21)(H,18,19). The van der Waals surface area contributed by atoms with Gasteiger partial charge in [-0.05, 0) is 24.6 Å². The van der Waals surface area contributed by atoms with Crippen LogP contribution in [0.1, 0.15) is 15.9 Å². The third-order valence-corrected chi connectivity index (χ3v) is 4.00. The van der Waals surface area contributed by atoms with Crippen LogP contribution in [0.3, 0.4) is 0 Å². The van der Waals surface area contributed by atoms with Crippen LogP contribution in [0.5, 0.6) is 0 Å². The van der Waals surface area contributed by atoms with Gasteiger partial charge in [-0.3, -0.25) is 14.4 Å². The topological polar surface area (TPSA) is 88.3 Å². The van der Waals surface area contributed by atoms with Crippen molar-refractivity contribution in [3.8, 4) is 0 Å². The first-order valence-electron chi connectivity index (χ1n) is 6.81. The molecular formula is C16H16N2O4S. The quantitative estimate of drug-likeness (QED) is 0.647. The Morgan fingerprint density at radius 3 is 2.61 bits per heavy atom. The van der Waals surface area contributed by atoms with Gasteiger partial charge in [0.2, 0.25) is 5.56 Å². The molecule has 7 heteroatoms. The number of benzene rings is 1. The monoisotopic (exact) mass is 332 g/mol. The number of anilines is 1. The minimum Gasteiger partial charge on any atom is -0.468 e. The van der Waals surface area contributed by atoms with Crippen LogP contribution < -0.4 is 10.9 Å². The number of thioether (sulfide) groups is 1. The summed E-state index contributed by atoms with van der Waals surface area (Å²) < 4.78 is 4.58. The van der Waals surface area contributed by atoms with Crippen molar-refractivity contribution in [2.45, 2.75) is 11.9 Å². The Labute approximate surface area is 137 Å². The van der Waals surface area contributed by atoms with E-state index in [-0.39, 0.29) is 17.2 Å². The number of amides is 1. The van der Waals surface area contributed by atoms with Gasteiger partial charge in [-0.15, -0.1) is 0 Å². The number of ether oxygens (including phenoxy) is 1. The Morgan fingerprint density at radius 1 is 1.26 bits per heavy atom. The highest BCUT2D eigenvalue weighted by Crippen LogP contribution is 2.23. The summed E-state index contributed by atoms with van der Waals surface area (Å²) in [6.45, 7) is 1.68. The van der Waals surface area contributed by atoms with E-state index in [9.17, 15) is 14.4 Å². The maximum atomic E-state index is 12.5. The smallest absolute Gasteiger partial charge is 0.316 e. The number of carbonyl (C=O) groups is 2. The zero-order valence-electron chi connectivity index (χ0n) is 12.7. The molecule has 0 radical (unpaired) electrons. The summed E-state index contributed by atoms with van der Waals surface area (Å²) in [5, 5.41) is 3.11. The van der Waals surface area contributed by atoms with Gasteiger partial charge in [0.15, 0.2) is 0 Å². The normalized spacial score (nSPS) is 10.2. The van der Waals surface area contributed by atoms with Crippen LogP contribution in [0.25, 0.3) is 0 Å². The summed E-state index contributed by atoms with van der Waals surface area (Å²) in [5.41, 5.74) is 1.19. The van der Waals surface area contributed by atoms with E-state index in [0.29, 0.717) is 21.8 Å². The molecule has 0 aliphatic rings. The van der Waals surface area contributed by atoms with Gasteiger partial charge in [-0.2, -0.15) is 0 Å². The number of aromatic amines is 1. The number of H-pyrrole nitrogens is 1. The third kappa shape index (κ3) is 4.46. The van der Waals surface area contributed by atoms with Gasteiger partial charge in [0.1, 0.15) is 0 Å². The second-order valence-electron chi connectivity index (χ2n) is 4.71. The lowest BCUT2D eigenvalue weighted by Gasteiger charge is -2.12.